The third kappa shape index (κ3) is 6.12. The Balaban J connectivity index is 1.08. The highest BCUT2D eigenvalue weighted by Gasteiger charge is 2.22. The zero-order chi connectivity index (χ0) is 26.3. The smallest absolute Gasteiger partial charge is 0.277 e. The predicted molar refractivity (Wildman–Crippen MR) is 144 cm³/mol. The molecule has 4 aromatic rings. The van der Waals surface area contributed by atoms with E-state index in [4.69, 9.17) is 9.15 Å². The van der Waals surface area contributed by atoms with Gasteiger partial charge >= 0.3 is 0 Å². The molecule has 5 rings (SSSR count). The van der Waals surface area contributed by atoms with Crippen LogP contribution < -0.4 is 15.0 Å². The maximum Gasteiger partial charge on any atom is 0.277 e. The van der Waals surface area contributed by atoms with Gasteiger partial charge in [0.2, 0.25) is 11.8 Å². The van der Waals surface area contributed by atoms with Gasteiger partial charge in [0.15, 0.2) is 0 Å². The molecule has 2 amide bonds. The number of anilines is 2. The monoisotopic (exact) mass is 530 g/mol. The van der Waals surface area contributed by atoms with Gasteiger partial charge in [-0.25, -0.2) is 0 Å². The van der Waals surface area contributed by atoms with Gasteiger partial charge in [0.25, 0.3) is 11.1 Å². The number of thioether (sulfide) groups is 1. The number of methoxy groups -OCH3 is 1. The maximum atomic E-state index is 12.8. The molecule has 38 heavy (non-hydrogen) atoms. The summed E-state index contributed by atoms with van der Waals surface area (Å²) in [6.07, 6.45) is 3.30. The molecule has 1 aliphatic heterocycles. The van der Waals surface area contributed by atoms with Crippen LogP contribution in [0.2, 0.25) is 0 Å². The van der Waals surface area contributed by atoms with Crippen molar-refractivity contribution in [3.8, 4) is 17.2 Å². The van der Waals surface area contributed by atoms with Crippen molar-refractivity contribution in [2.24, 2.45) is 0 Å². The largest absolute Gasteiger partial charge is 0.497 e. The van der Waals surface area contributed by atoms with Crippen molar-refractivity contribution in [3.05, 3.63) is 78.6 Å². The highest BCUT2D eigenvalue weighted by Crippen LogP contribution is 2.24. The van der Waals surface area contributed by atoms with Crippen LogP contribution in [-0.4, -0.2) is 70.9 Å². The van der Waals surface area contributed by atoms with Crippen LogP contribution >= 0.6 is 11.8 Å². The third-order valence-electron chi connectivity index (χ3n) is 6.08. The Hall–Kier alpha value is -4.38. The van der Waals surface area contributed by atoms with Gasteiger partial charge in [-0.1, -0.05) is 11.8 Å². The van der Waals surface area contributed by atoms with E-state index in [0.29, 0.717) is 35.5 Å². The number of amides is 2. The van der Waals surface area contributed by atoms with Crippen molar-refractivity contribution in [2.45, 2.75) is 5.22 Å². The van der Waals surface area contributed by atoms with Crippen LogP contribution in [0.4, 0.5) is 11.4 Å². The average Bonchev–Trinajstić information content (AvgIpc) is 3.46. The summed E-state index contributed by atoms with van der Waals surface area (Å²) in [4.78, 5) is 33.3. The number of nitrogens with zero attached hydrogens (tertiary/aromatic N) is 5. The Kier molecular flexibility index (Phi) is 7.84. The lowest BCUT2D eigenvalue weighted by Crippen LogP contribution is -2.48. The van der Waals surface area contributed by atoms with E-state index < -0.39 is 0 Å². The SMILES string of the molecule is COc1ccc(C(=O)N2CCN(c3ccc(NC(=O)CSc4nnc(-c5ccncc5)o4)cc3)CC2)cc1. The number of carbonyl (C=O) groups excluding carboxylic acids is 2. The number of hydrogen-bond donors (Lipinski definition) is 1. The summed E-state index contributed by atoms with van der Waals surface area (Å²) in [5, 5.41) is 11.2. The summed E-state index contributed by atoms with van der Waals surface area (Å²) < 4.78 is 10.8. The van der Waals surface area contributed by atoms with Crippen LogP contribution in [0.5, 0.6) is 5.75 Å². The van der Waals surface area contributed by atoms with E-state index in [9.17, 15) is 9.59 Å². The second kappa shape index (κ2) is 11.8. The first-order valence-electron chi connectivity index (χ1n) is 12.0. The number of piperazine rings is 1. The number of nitrogens with one attached hydrogen (secondary N) is 1. The number of aromatic nitrogens is 3. The summed E-state index contributed by atoms with van der Waals surface area (Å²) in [5.74, 6) is 1.11. The van der Waals surface area contributed by atoms with Crippen molar-refractivity contribution in [1.29, 1.82) is 0 Å². The van der Waals surface area contributed by atoms with Crippen LogP contribution in [0.3, 0.4) is 0 Å². The molecular formula is C27H26N6O4S. The van der Waals surface area contributed by atoms with Gasteiger partial charge in [-0.2, -0.15) is 0 Å². The minimum atomic E-state index is -0.169. The molecule has 3 heterocycles. The summed E-state index contributed by atoms with van der Waals surface area (Å²) in [6, 6.07) is 18.4. The van der Waals surface area contributed by atoms with Crippen molar-refractivity contribution < 1.29 is 18.7 Å². The first-order chi connectivity index (χ1) is 18.6. The second-order valence-corrected chi connectivity index (χ2v) is 9.43. The minimum absolute atomic E-state index is 0.0253. The van der Waals surface area contributed by atoms with Gasteiger partial charge in [0, 0.05) is 61.1 Å². The number of benzene rings is 2. The van der Waals surface area contributed by atoms with Gasteiger partial charge in [0.1, 0.15) is 5.75 Å². The predicted octanol–water partition coefficient (Wildman–Crippen LogP) is 3.83. The Labute approximate surface area is 224 Å². The molecule has 0 aliphatic carbocycles. The Bertz CT molecular complexity index is 1370. The number of carbonyl (C=O) groups is 2. The van der Waals surface area contributed by atoms with Crippen LogP contribution in [0.25, 0.3) is 11.5 Å². The van der Waals surface area contributed by atoms with Crippen LogP contribution in [0, 0.1) is 0 Å². The van der Waals surface area contributed by atoms with Gasteiger partial charge in [-0.3, -0.25) is 14.6 Å². The van der Waals surface area contributed by atoms with Gasteiger partial charge < -0.3 is 24.3 Å². The van der Waals surface area contributed by atoms with E-state index in [1.54, 1.807) is 55.9 Å². The second-order valence-electron chi connectivity index (χ2n) is 8.50. The lowest BCUT2D eigenvalue weighted by Gasteiger charge is -2.36. The van der Waals surface area contributed by atoms with Gasteiger partial charge in [-0.15, -0.1) is 10.2 Å². The average molecular weight is 531 g/mol. The van der Waals surface area contributed by atoms with E-state index in [-0.39, 0.29) is 17.6 Å². The molecule has 0 atom stereocenters. The molecule has 194 valence electrons. The number of pyridine rings is 1. The maximum absolute atomic E-state index is 12.8. The molecule has 1 fully saturated rings. The molecule has 0 bridgehead atoms. The van der Waals surface area contributed by atoms with Crippen LogP contribution in [0.15, 0.2) is 82.7 Å². The molecule has 0 saturated carbocycles. The normalized spacial score (nSPS) is 13.3. The van der Waals surface area contributed by atoms with Crippen molar-refractivity contribution in [1.82, 2.24) is 20.1 Å². The van der Waals surface area contributed by atoms with E-state index in [1.165, 1.54) is 11.8 Å². The highest BCUT2D eigenvalue weighted by molar-refractivity contribution is 7.99. The third-order valence-corrected chi connectivity index (χ3v) is 6.90. The molecule has 2 aromatic carbocycles. The van der Waals surface area contributed by atoms with E-state index in [0.717, 1.165) is 30.1 Å². The molecule has 0 unspecified atom stereocenters. The Morgan fingerprint density at radius 3 is 2.34 bits per heavy atom. The molecule has 0 spiro atoms. The minimum Gasteiger partial charge on any atom is -0.497 e. The molecule has 1 N–H and O–H groups in total. The Morgan fingerprint density at radius 2 is 1.66 bits per heavy atom. The zero-order valence-corrected chi connectivity index (χ0v) is 21.6. The molecule has 1 aliphatic rings. The zero-order valence-electron chi connectivity index (χ0n) is 20.7. The molecule has 0 radical (unpaired) electrons. The van der Waals surface area contributed by atoms with E-state index in [2.05, 4.69) is 25.4 Å². The fraction of sp³-hybridized carbons (Fsp3) is 0.222. The van der Waals surface area contributed by atoms with Crippen LogP contribution in [-0.2, 0) is 4.79 Å². The standard InChI is InChI=1S/C27H26N6O4S/c1-36-23-8-2-20(3-9-23)26(35)33-16-14-32(15-17-33)22-6-4-21(5-7-22)29-24(34)18-38-27-31-30-25(37-27)19-10-12-28-13-11-19/h2-13H,14-18H2,1H3,(H,29,34). The van der Waals surface area contributed by atoms with Gasteiger partial charge in [0.05, 0.1) is 12.9 Å². The fourth-order valence-electron chi connectivity index (χ4n) is 4.04. The van der Waals surface area contributed by atoms with E-state index in [1.807, 2.05) is 29.2 Å². The fourth-order valence-corrected chi connectivity index (χ4v) is 4.61. The molecule has 11 heteroatoms. The molecule has 10 nitrogen and oxygen atoms in total. The van der Waals surface area contributed by atoms with Crippen LogP contribution in [0.1, 0.15) is 10.4 Å². The first kappa shape index (κ1) is 25.3. The topological polar surface area (TPSA) is 114 Å². The van der Waals surface area contributed by atoms with Crippen molar-refractivity contribution >= 4 is 35.0 Å². The van der Waals surface area contributed by atoms with Crippen molar-refractivity contribution in [2.75, 3.05) is 49.3 Å². The number of ether oxygens (including phenoxy) is 1. The number of hydrogen-bond acceptors (Lipinski definition) is 9. The highest BCUT2D eigenvalue weighted by atomic mass is 32.2. The summed E-state index contributed by atoms with van der Waals surface area (Å²) >= 11 is 1.18. The summed E-state index contributed by atoms with van der Waals surface area (Å²) in [5.41, 5.74) is 3.18. The molecule has 2 aromatic heterocycles. The van der Waals surface area contributed by atoms with E-state index >= 15 is 0 Å². The lowest BCUT2D eigenvalue weighted by atomic mass is 10.1. The van der Waals surface area contributed by atoms with Crippen molar-refractivity contribution in [3.63, 3.8) is 0 Å². The summed E-state index contributed by atoms with van der Waals surface area (Å²) in [7, 11) is 1.60. The summed E-state index contributed by atoms with van der Waals surface area (Å²) in [6.45, 7) is 2.74. The van der Waals surface area contributed by atoms with Gasteiger partial charge in [-0.05, 0) is 60.7 Å². The number of rotatable bonds is 8. The lowest BCUT2D eigenvalue weighted by molar-refractivity contribution is -0.113. The Morgan fingerprint density at radius 1 is 0.947 bits per heavy atom. The quantitative estimate of drug-likeness (QED) is 0.340. The molecular weight excluding hydrogens is 504 g/mol. The first-order valence-corrected chi connectivity index (χ1v) is 13.0. The molecule has 1 saturated heterocycles.